The van der Waals surface area contributed by atoms with Crippen molar-refractivity contribution in [1.29, 1.82) is 0 Å². The zero-order valence-electron chi connectivity index (χ0n) is 6.02. The van der Waals surface area contributed by atoms with Crippen LogP contribution in [-0.4, -0.2) is 0 Å². The van der Waals surface area contributed by atoms with Crippen LogP contribution in [0, 0.1) is 0 Å². The molecule has 0 amide bonds. The Labute approximate surface area is 121 Å². The number of rotatable bonds is 2. The van der Waals surface area contributed by atoms with E-state index in [9.17, 15) is 0 Å². The fourth-order valence-corrected chi connectivity index (χ4v) is 1.59. The van der Waals surface area contributed by atoms with Crippen LogP contribution in [0.5, 0.6) is 0 Å². The third kappa shape index (κ3) is 4.59. The van der Waals surface area contributed by atoms with Gasteiger partial charge in [0.1, 0.15) is 8.98 Å². The molecule has 0 spiro atoms. The van der Waals surface area contributed by atoms with Crippen LogP contribution in [0.4, 0.5) is 0 Å². The lowest BCUT2D eigenvalue weighted by Crippen LogP contribution is -1.82. The molecule has 0 aliphatic carbocycles. The monoisotopic (exact) mass is 352 g/mol. The number of allylic oxidation sites excluding steroid dienone is 4. The van der Waals surface area contributed by atoms with E-state index in [2.05, 4.69) is 0 Å². The summed E-state index contributed by atoms with van der Waals surface area (Å²) >= 11 is 44.0. The highest BCUT2D eigenvalue weighted by molar-refractivity contribution is 6.64. The average molecular weight is 356 g/mol. The van der Waals surface area contributed by atoms with Crippen molar-refractivity contribution in [3.8, 4) is 0 Å². The van der Waals surface area contributed by atoms with E-state index >= 15 is 0 Å². The second-order valence-corrected chi connectivity index (χ2v) is 5.19. The number of halogens is 8. The van der Waals surface area contributed by atoms with Crippen LogP contribution in [0.2, 0.25) is 0 Å². The van der Waals surface area contributed by atoms with Gasteiger partial charge in [0.2, 0.25) is 0 Å². The smallest absolute Gasteiger partial charge is 0.0809 e. The van der Waals surface area contributed by atoms with E-state index in [-0.39, 0.29) is 29.1 Å². The summed E-state index contributed by atoms with van der Waals surface area (Å²) in [6, 6.07) is 0. The second kappa shape index (κ2) is 6.98. The predicted octanol–water partition coefficient (Wildman–Crippen LogP) is 6.45. The Balaban J connectivity index is 5.37. The first kappa shape index (κ1) is 15.5. The van der Waals surface area contributed by atoms with E-state index in [0.717, 1.165) is 0 Å². The molecular weight excluding hydrogens is 356 g/mol. The van der Waals surface area contributed by atoms with Crippen molar-refractivity contribution in [1.82, 2.24) is 0 Å². The molecule has 0 radical (unpaired) electrons. The summed E-state index contributed by atoms with van der Waals surface area (Å²) in [5.41, 5.74) is 0. The summed E-state index contributed by atoms with van der Waals surface area (Å²) in [6.45, 7) is 0. The van der Waals surface area contributed by atoms with Gasteiger partial charge in [-0.25, -0.2) is 0 Å². The minimum Gasteiger partial charge on any atom is -0.0809 e. The Morgan fingerprint density at radius 3 is 0.714 bits per heavy atom. The van der Waals surface area contributed by atoms with E-state index in [0.29, 0.717) is 0 Å². The van der Waals surface area contributed by atoms with Crippen molar-refractivity contribution in [2.45, 2.75) is 0 Å². The lowest BCUT2D eigenvalue weighted by atomic mass is 10.4. The first-order chi connectivity index (χ1) is 6.29. The maximum atomic E-state index is 5.67. The summed E-state index contributed by atoms with van der Waals surface area (Å²) in [5, 5.41) is -0.574. The third-order valence-corrected chi connectivity index (χ3v) is 3.85. The molecule has 0 aromatic carbocycles. The molecule has 0 heterocycles. The van der Waals surface area contributed by atoms with Gasteiger partial charge in [-0.2, -0.15) is 0 Å². The normalized spacial score (nSPS) is 12.0. The Bertz CT molecular complexity index is 283. The highest BCUT2D eigenvalue weighted by atomic mass is 35.5. The zero-order valence-corrected chi connectivity index (χ0v) is 12.1. The van der Waals surface area contributed by atoms with Crippen LogP contribution in [0.25, 0.3) is 0 Å². The predicted molar refractivity (Wildman–Crippen MR) is 67.9 cm³/mol. The zero-order chi connectivity index (χ0) is 11.5. The Kier molecular flexibility index (Phi) is 7.75. The van der Waals surface area contributed by atoms with Crippen molar-refractivity contribution in [2.24, 2.45) is 0 Å². The Hall–Kier alpha value is 1.54. The maximum Gasteiger partial charge on any atom is 0.126 e. The van der Waals surface area contributed by atoms with Gasteiger partial charge >= 0.3 is 0 Å². The third-order valence-electron chi connectivity index (χ3n) is 0.910. The molecule has 0 nitrogen and oxygen atoms in total. The van der Waals surface area contributed by atoms with Gasteiger partial charge in [-0.1, -0.05) is 92.8 Å². The molecule has 80 valence electrons. The molecule has 0 unspecified atom stereocenters. The van der Waals surface area contributed by atoms with Crippen LogP contribution in [0.15, 0.2) is 29.1 Å². The molecule has 0 saturated carbocycles. The fourth-order valence-electron chi connectivity index (χ4n) is 0.359. The van der Waals surface area contributed by atoms with E-state index in [1.807, 2.05) is 0 Å². The van der Waals surface area contributed by atoms with Gasteiger partial charge in [-0.15, -0.1) is 0 Å². The molecule has 8 heteroatoms. The lowest BCUT2D eigenvalue weighted by molar-refractivity contribution is 1.72. The topological polar surface area (TPSA) is 0 Å². The van der Waals surface area contributed by atoms with E-state index in [4.69, 9.17) is 92.8 Å². The Morgan fingerprint density at radius 2 is 0.571 bits per heavy atom. The van der Waals surface area contributed by atoms with Gasteiger partial charge in [-0.05, 0) is 0 Å². The highest BCUT2D eigenvalue weighted by Crippen LogP contribution is 2.37. The quantitative estimate of drug-likeness (QED) is 0.499. The Morgan fingerprint density at radius 1 is 0.357 bits per heavy atom. The molecule has 0 rings (SSSR count). The molecule has 0 bridgehead atoms. The molecule has 0 atom stereocenters. The molecule has 0 saturated heterocycles. The average Bonchev–Trinajstić information content (AvgIpc) is 2.12. The van der Waals surface area contributed by atoms with E-state index in [1.54, 1.807) is 0 Å². The number of hydrogen-bond donors (Lipinski definition) is 0. The molecule has 0 aromatic heterocycles. The van der Waals surface area contributed by atoms with Crippen molar-refractivity contribution in [2.75, 3.05) is 0 Å². The molecule has 0 aliphatic heterocycles. The standard InChI is InChI=1S/C6Cl8/c7-1(3(9)5(11)12)2(8)4(10)6(13)14/b2-1+. The van der Waals surface area contributed by atoms with E-state index in [1.165, 1.54) is 0 Å². The maximum absolute atomic E-state index is 5.67. The first-order valence-corrected chi connectivity index (χ1v) is 5.79. The molecule has 0 aromatic rings. The van der Waals surface area contributed by atoms with Gasteiger partial charge in [-0.3, -0.25) is 0 Å². The SMILES string of the molecule is ClC(Cl)=C(Cl)/C(Cl)=C(\Cl)C(Cl)=C(Cl)Cl. The van der Waals surface area contributed by atoms with Crippen LogP contribution in [0.3, 0.4) is 0 Å². The minimum atomic E-state index is -0.245. The van der Waals surface area contributed by atoms with Crippen molar-refractivity contribution < 1.29 is 0 Å². The summed E-state index contributed by atoms with van der Waals surface area (Å²) in [4.78, 5) is 0. The summed E-state index contributed by atoms with van der Waals surface area (Å²) in [6.07, 6.45) is 0. The second-order valence-electron chi connectivity index (χ2n) is 1.78. The first-order valence-electron chi connectivity index (χ1n) is 2.76. The largest absolute Gasteiger partial charge is 0.126 e. The molecule has 0 N–H and O–H groups in total. The van der Waals surface area contributed by atoms with Gasteiger partial charge in [0.15, 0.2) is 0 Å². The van der Waals surface area contributed by atoms with Gasteiger partial charge in [0.05, 0.1) is 20.1 Å². The molecular formula is C6Cl8. The van der Waals surface area contributed by atoms with E-state index < -0.39 is 0 Å². The van der Waals surface area contributed by atoms with Crippen LogP contribution < -0.4 is 0 Å². The summed E-state index contributed by atoms with van der Waals surface area (Å²) in [5.74, 6) is 0. The van der Waals surface area contributed by atoms with Crippen molar-refractivity contribution in [3.63, 3.8) is 0 Å². The highest BCUT2D eigenvalue weighted by Gasteiger charge is 2.14. The lowest BCUT2D eigenvalue weighted by Gasteiger charge is -2.02. The number of hydrogen-bond acceptors (Lipinski definition) is 0. The molecule has 0 fully saturated rings. The summed E-state index contributed by atoms with van der Waals surface area (Å²) in [7, 11) is 0. The summed E-state index contributed by atoms with van der Waals surface area (Å²) < 4.78 is -0.491. The van der Waals surface area contributed by atoms with Gasteiger partial charge in [0, 0.05) is 0 Å². The van der Waals surface area contributed by atoms with Crippen molar-refractivity contribution in [3.05, 3.63) is 29.1 Å². The van der Waals surface area contributed by atoms with Crippen molar-refractivity contribution >= 4 is 92.8 Å². The molecule has 14 heavy (non-hydrogen) atoms. The van der Waals surface area contributed by atoms with Gasteiger partial charge in [0.25, 0.3) is 0 Å². The molecule has 0 aliphatic rings. The van der Waals surface area contributed by atoms with Crippen LogP contribution in [-0.2, 0) is 0 Å². The van der Waals surface area contributed by atoms with Crippen LogP contribution in [0.1, 0.15) is 0 Å². The minimum absolute atomic E-state index is 0.142. The fraction of sp³-hybridized carbons (Fsp3) is 0. The van der Waals surface area contributed by atoms with Crippen LogP contribution >= 0.6 is 92.8 Å². The van der Waals surface area contributed by atoms with Gasteiger partial charge < -0.3 is 0 Å².